The molecule has 0 aliphatic carbocycles. The maximum Gasteiger partial charge on any atom is 0.162 e. The van der Waals surface area contributed by atoms with E-state index in [0.29, 0.717) is 19.3 Å². The second kappa shape index (κ2) is 5.69. The summed E-state index contributed by atoms with van der Waals surface area (Å²) in [6.07, 6.45) is 0. The minimum absolute atomic E-state index is 0.560. The van der Waals surface area contributed by atoms with Crippen LogP contribution in [0.25, 0.3) is 0 Å². The molecule has 1 aromatic rings. The average molecular weight is 327 g/mol. The Balaban J connectivity index is 1.76. The van der Waals surface area contributed by atoms with Crippen molar-refractivity contribution in [1.29, 1.82) is 0 Å². The highest BCUT2D eigenvalue weighted by molar-refractivity contribution is 9.10. The summed E-state index contributed by atoms with van der Waals surface area (Å²) < 4.78 is 12.3. The minimum Gasteiger partial charge on any atom is -0.486 e. The Morgan fingerprint density at radius 3 is 2.79 bits per heavy atom. The molecule has 2 heterocycles. The van der Waals surface area contributed by atoms with E-state index in [4.69, 9.17) is 9.47 Å². The summed E-state index contributed by atoms with van der Waals surface area (Å²) in [4.78, 5) is 2.47. The van der Waals surface area contributed by atoms with Gasteiger partial charge in [0.15, 0.2) is 11.5 Å². The molecule has 3 rings (SSSR count). The first-order valence-electron chi connectivity index (χ1n) is 6.76. The first kappa shape index (κ1) is 13.2. The van der Waals surface area contributed by atoms with E-state index in [1.54, 1.807) is 0 Å². The molecule has 1 atom stereocenters. The van der Waals surface area contributed by atoms with Gasteiger partial charge in [0.25, 0.3) is 0 Å². The van der Waals surface area contributed by atoms with Crippen LogP contribution in [0.15, 0.2) is 16.6 Å². The van der Waals surface area contributed by atoms with Crippen LogP contribution in [0, 0.1) is 0 Å². The summed E-state index contributed by atoms with van der Waals surface area (Å²) in [5.41, 5.74) is 1.26. The van der Waals surface area contributed by atoms with Crippen LogP contribution in [-0.2, 0) is 6.54 Å². The molecule has 0 amide bonds. The number of halogens is 1. The second-order valence-electron chi connectivity index (χ2n) is 5.18. The number of rotatable bonds is 2. The SMILES string of the molecule is C[C@H]1CN(Cc2cc3c(cc2Br)OCCO3)CCN1. The smallest absolute Gasteiger partial charge is 0.162 e. The molecule has 0 bridgehead atoms. The fourth-order valence-electron chi connectivity index (χ4n) is 2.62. The van der Waals surface area contributed by atoms with Gasteiger partial charge < -0.3 is 14.8 Å². The van der Waals surface area contributed by atoms with Crippen molar-refractivity contribution in [2.75, 3.05) is 32.8 Å². The summed E-state index contributed by atoms with van der Waals surface area (Å²) >= 11 is 3.64. The molecule has 1 aromatic carbocycles. The highest BCUT2D eigenvalue weighted by atomic mass is 79.9. The van der Waals surface area contributed by atoms with Crippen molar-refractivity contribution in [3.05, 3.63) is 22.2 Å². The number of nitrogens with zero attached hydrogens (tertiary/aromatic N) is 1. The third kappa shape index (κ3) is 3.04. The third-order valence-electron chi connectivity index (χ3n) is 3.56. The molecule has 0 aromatic heterocycles. The van der Waals surface area contributed by atoms with Gasteiger partial charge in [-0.25, -0.2) is 0 Å². The number of fused-ring (bicyclic) bond motifs is 1. The molecule has 19 heavy (non-hydrogen) atoms. The molecule has 104 valence electrons. The second-order valence-corrected chi connectivity index (χ2v) is 6.03. The fourth-order valence-corrected chi connectivity index (χ4v) is 3.07. The summed E-state index contributed by atoms with van der Waals surface area (Å²) in [6, 6.07) is 4.69. The lowest BCUT2D eigenvalue weighted by Gasteiger charge is -2.32. The molecule has 5 heteroatoms. The average Bonchev–Trinajstić information content (AvgIpc) is 2.40. The first-order valence-corrected chi connectivity index (χ1v) is 7.55. The lowest BCUT2D eigenvalue weighted by Crippen LogP contribution is -2.48. The number of ether oxygens (including phenoxy) is 2. The number of benzene rings is 1. The number of piperazine rings is 1. The van der Waals surface area contributed by atoms with E-state index in [0.717, 1.165) is 42.2 Å². The van der Waals surface area contributed by atoms with Crippen molar-refractivity contribution in [2.45, 2.75) is 19.5 Å². The monoisotopic (exact) mass is 326 g/mol. The van der Waals surface area contributed by atoms with E-state index in [9.17, 15) is 0 Å². The van der Waals surface area contributed by atoms with Gasteiger partial charge in [-0.05, 0) is 24.6 Å². The van der Waals surface area contributed by atoms with Gasteiger partial charge in [-0.2, -0.15) is 0 Å². The quantitative estimate of drug-likeness (QED) is 0.901. The van der Waals surface area contributed by atoms with Crippen LogP contribution in [0.2, 0.25) is 0 Å². The normalized spacial score (nSPS) is 23.4. The molecule has 0 spiro atoms. The summed E-state index contributed by atoms with van der Waals surface area (Å²) in [7, 11) is 0. The van der Waals surface area contributed by atoms with Crippen LogP contribution in [-0.4, -0.2) is 43.8 Å². The summed E-state index contributed by atoms with van der Waals surface area (Å²) in [5, 5.41) is 3.46. The van der Waals surface area contributed by atoms with Crippen LogP contribution in [0.3, 0.4) is 0 Å². The predicted octanol–water partition coefficient (Wildman–Crippen LogP) is 2.01. The lowest BCUT2D eigenvalue weighted by molar-refractivity contribution is 0.170. The Labute approximate surface area is 122 Å². The van der Waals surface area contributed by atoms with Crippen LogP contribution in [0.4, 0.5) is 0 Å². The predicted molar refractivity (Wildman–Crippen MR) is 77.9 cm³/mol. The Hall–Kier alpha value is -0.780. The number of nitrogens with one attached hydrogen (secondary N) is 1. The molecule has 1 saturated heterocycles. The molecule has 4 nitrogen and oxygen atoms in total. The Morgan fingerprint density at radius 1 is 1.32 bits per heavy atom. The molecule has 1 N–H and O–H groups in total. The van der Waals surface area contributed by atoms with E-state index in [1.165, 1.54) is 5.56 Å². The van der Waals surface area contributed by atoms with Crippen molar-refractivity contribution < 1.29 is 9.47 Å². The van der Waals surface area contributed by atoms with Crippen molar-refractivity contribution in [1.82, 2.24) is 10.2 Å². The van der Waals surface area contributed by atoms with E-state index in [2.05, 4.69) is 39.1 Å². The van der Waals surface area contributed by atoms with Crippen LogP contribution in [0.1, 0.15) is 12.5 Å². The van der Waals surface area contributed by atoms with Crippen LogP contribution in [0.5, 0.6) is 11.5 Å². The van der Waals surface area contributed by atoms with Gasteiger partial charge in [0.05, 0.1) is 0 Å². The number of hydrogen-bond donors (Lipinski definition) is 1. The first-order chi connectivity index (χ1) is 9.22. The number of hydrogen-bond acceptors (Lipinski definition) is 4. The molecule has 2 aliphatic rings. The Morgan fingerprint density at radius 2 is 2.05 bits per heavy atom. The van der Waals surface area contributed by atoms with E-state index in [-0.39, 0.29) is 0 Å². The zero-order valence-electron chi connectivity index (χ0n) is 11.1. The van der Waals surface area contributed by atoms with Crippen LogP contribution >= 0.6 is 15.9 Å². The van der Waals surface area contributed by atoms with E-state index >= 15 is 0 Å². The molecule has 0 saturated carbocycles. The third-order valence-corrected chi connectivity index (χ3v) is 4.30. The highest BCUT2D eigenvalue weighted by Crippen LogP contribution is 2.36. The summed E-state index contributed by atoms with van der Waals surface area (Å²) in [5.74, 6) is 1.71. The molecule has 1 fully saturated rings. The molecule has 0 radical (unpaired) electrons. The van der Waals surface area contributed by atoms with E-state index < -0.39 is 0 Å². The van der Waals surface area contributed by atoms with Crippen molar-refractivity contribution in [2.24, 2.45) is 0 Å². The maximum absolute atomic E-state index is 5.65. The standard InChI is InChI=1S/C14H19BrN2O2/c1-10-8-17(3-2-16-10)9-11-6-13-14(7-12(11)15)19-5-4-18-13/h6-7,10,16H,2-5,8-9H2,1H3/t10-/m0/s1. The topological polar surface area (TPSA) is 33.7 Å². The van der Waals surface area contributed by atoms with Crippen LogP contribution < -0.4 is 14.8 Å². The maximum atomic E-state index is 5.65. The highest BCUT2D eigenvalue weighted by Gasteiger charge is 2.19. The van der Waals surface area contributed by atoms with Gasteiger partial charge in [-0.3, -0.25) is 4.90 Å². The molecular weight excluding hydrogens is 308 g/mol. The zero-order valence-corrected chi connectivity index (χ0v) is 12.7. The lowest BCUT2D eigenvalue weighted by atomic mass is 10.1. The Kier molecular flexibility index (Phi) is 3.96. The van der Waals surface area contributed by atoms with Crippen molar-refractivity contribution in [3.63, 3.8) is 0 Å². The van der Waals surface area contributed by atoms with Gasteiger partial charge in [0.1, 0.15) is 13.2 Å². The molecule has 0 unspecified atom stereocenters. The fraction of sp³-hybridized carbons (Fsp3) is 0.571. The zero-order chi connectivity index (χ0) is 13.2. The van der Waals surface area contributed by atoms with Gasteiger partial charge in [0, 0.05) is 36.7 Å². The Bertz CT molecular complexity index is 467. The summed E-state index contributed by atoms with van der Waals surface area (Å²) in [6.45, 7) is 7.68. The van der Waals surface area contributed by atoms with Crippen molar-refractivity contribution >= 4 is 15.9 Å². The van der Waals surface area contributed by atoms with E-state index in [1.807, 2.05) is 6.07 Å². The van der Waals surface area contributed by atoms with Gasteiger partial charge in [-0.1, -0.05) is 15.9 Å². The van der Waals surface area contributed by atoms with Gasteiger partial charge in [-0.15, -0.1) is 0 Å². The molecular formula is C14H19BrN2O2. The van der Waals surface area contributed by atoms with Gasteiger partial charge >= 0.3 is 0 Å². The molecule has 2 aliphatic heterocycles. The van der Waals surface area contributed by atoms with Crippen molar-refractivity contribution in [3.8, 4) is 11.5 Å². The largest absolute Gasteiger partial charge is 0.486 e. The van der Waals surface area contributed by atoms with Gasteiger partial charge in [0.2, 0.25) is 0 Å². The minimum atomic E-state index is 0.560.